The summed E-state index contributed by atoms with van der Waals surface area (Å²) >= 11 is 0. The molecule has 2 fully saturated rings. The molecule has 2 saturated heterocycles. The fraction of sp³-hybridized carbons (Fsp3) is 0.176. The molecule has 19 heteroatoms. The van der Waals surface area contributed by atoms with Gasteiger partial charge in [-0.25, -0.2) is 38.4 Å². The number of carbonyl (C=O) groups is 8. The molecular formula is C68H54O19. The maximum atomic E-state index is 14.6. The molecule has 10 atom stereocenters. The molecule has 10 rings (SSSR count). The molecule has 0 aromatic heterocycles. The highest BCUT2D eigenvalue weighted by molar-refractivity contribution is 5.93. The number of esters is 8. The van der Waals surface area contributed by atoms with E-state index in [1.165, 1.54) is 97.1 Å². The van der Waals surface area contributed by atoms with Crippen LogP contribution in [0.2, 0.25) is 0 Å². The Morgan fingerprint density at radius 1 is 0.241 bits per heavy atom. The summed E-state index contributed by atoms with van der Waals surface area (Å²) in [6, 6.07) is 61.7. The van der Waals surface area contributed by atoms with Crippen molar-refractivity contribution in [3.05, 3.63) is 287 Å². The van der Waals surface area contributed by atoms with Crippen molar-refractivity contribution in [3.63, 3.8) is 0 Å². The molecule has 2 aliphatic rings. The number of carbonyl (C=O) groups excluding carboxylic acids is 8. The van der Waals surface area contributed by atoms with Crippen molar-refractivity contribution in [1.29, 1.82) is 0 Å². The largest absolute Gasteiger partial charge is 0.459 e. The van der Waals surface area contributed by atoms with Gasteiger partial charge in [0.25, 0.3) is 0 Å². The van der Waals surface area contributed by atoms with Gasteiger partial charge in [-0.05, 0) is 97.1 Å². The second-order valence-corrected chi connectivity index (χ2v) is 19.6. The molecule has 440 valence electrons. The lowest BCUT2D eigenvalue weighted by molar-refractivity contribution is -0.373. The number of hydrogen-bond donors (Lipinski definition) is 0. The molecule has 0 amide bonds. The first kappa shape index (κ1) is 59.6. The second kappa shape index (κ2) is 28.8. The third kappa shape index (κ3) is 15.2. The molecule has 0 bridgehead atoms. The van der Waals surface area contributed by atoms with Crippen molar-refractivity contribution in [2.75, 3.05) is 13.2 Å². The van der Waals surface area contributed by atoms with E-state index < -0.39 is 122 Å². The quantitative estimate of drug-likeness (QED) is 0.0510. The van der Waals surface area contributed by atoms with Crippen molar-refractivity contribution >= 4 is 47.8 Å². The van der Waals surface area contributed by atoms with E-state index in [0.29, 0.717) is 0 Å². The molecule has 2 aliphatic heterocycles. The minimum atomic E-state index is -2.14. The van der Waals surface area contributed by atoms with Crippen LogP contribution in [-0.4, -0.2) is 122 Å². The van der Waals surface area contributed by atoms with E-state index in [4.69, 9.17) is 52.1 Å². The van der Waals surface area contributed by atoms with E-state index >= 15 is 0 Å². The first-order valence-corrected chi connectivity index (χ1v) is 27.4. The Morgan fingerprint density at radius 3 is 0.644 bits per heavy atom. The summed E-state index contributed by atoms with van der Waals surface area (Å²) in [5.41, 5.74) is 0.197. The number of benzene rings is 8. The molecule has 19 nitrogen and oxygen atoms in total. The zero-order valence-corrected chi connectivity index (χ0v) is 46.0. The van der Waals surface area contributed by atoms with Gasteiger partial charge < -0.3 is 52.1 Å². The van der Waals surface area contributed by atoms with Crippen LogP contribution in [0.15, 0.2) is 243 Å². The monoisotopic (exact) mass is 1170 g/mol. The predicted molar refractivity (Wildman–Crippen MR) is 306 cm³/mol. The summed E-state index contributed by atoms with van der Waals surface area (Å²) in [4.78, 5) is 115. The van der Waals surface area contributed by atoms with Crippen LogP contribution in [0.1, 0.15) is 82.9 Å². The Labute approximate surface area is 498 Å². The molecule has 0 saturated carbocycles. The van der Waals surface area contributed by atoms with E-state index in [9.17, 15) is 38.4 Å². The van der Waals surface area contributed by atoms with Crippen molar-refractivity contribution in [3.8, 4) is 0 Å². The fourth-order valence-electron chi connectivity index (χ4n) is 9.41. The van der Waals surface area contributed by atoms with Crippen molar-refractivity contribution < 1.29 is 90.5 Å². The van der Waals surface area contributed by atoms with Gasteiger partial charge in [0, 0.05) is 0 Å². The van der Waals surface area contributed by atoms with Gasteiger partial charge in [0.15, 0.2) is 36.6 Å². The SMILES string of the molecule is O=C(OCC1O[C@@H](O[C@H]2OC(COC(=O)c3ccccc3)[C@@H](OC(=O)c3ccccc3)[C@H](OC(=O)c3ccccc3)C2OC(=O)c2ccccc2)C(OC(=O)c2ccccc2)C(OC(=O)c2ccccc2)[C@H]1OC(=O)c1ccccc1)c1ccccc1. The average molecular weight is 1180 g/mol. The number of ether oxygens (including phenoxy) is 11. The highest BCUT2D eigenvalue weighted by atomic mass is 16.8. The van der Waals surface area contributed by atoms with Crippen LogP contribution in [0, 0.1) is 0 Å². The maximum absolute atomic E-state index is 14.6. The van der Waals surface area contributed by atoms with Crippen molar-refractivity contribution in [2.24, 2.45) is 0 Å². The highest BCUT2D eigenvalue weighted by Crippen LogP contribution is 2.37. The molecular weight excluding hydrogens is 1120 g/mol. The van der Waals surface area contributed by atoms with E-state index in [1.807, 2.05) is 0 Å². The smallest absolute Gasteiger partial charge is 0.338 e. The zero-order valence-electron chi connectivity index (χ0n) is 46.0. The molecule has 8 aromatic carbocycles. The third-order valence-electron chi connectivity index (χ3n) is 13.7. The highest BCUT2D eigenvalue weighted by Gasteiger charge is 2.59. The topological polar surface area (TPSA) is 238 Å². The van der Waals surface area contributed by atoms with Gasteiger partial charge in [0.2, 0.25) is 12.6 Å². The third-order valence-corrected chi connectivity index (χ3v) is 13.7. The predicted octanol–water partition coefficient (Wildman–Crippen LogP) is 9.52. The lowest BCUT2D eigenvalue weighted by atomic mass is 9.96. The van der Waals surface area contributed by atoms with Gasteiger partial charge in [0.05, 0.1) is 44.5 Å². The van der Waals surface area contributed by atoms with Gasteiger partial charge >= 0.3 is 47.8 Å². The van der Waals surface area contributed by atoms with Gasteiger partial charge in [0.1, 0.15) is 25.4 Å². The molecule has 0 aliphatic carbocycles. The molecule has 0 radical (unpaired) electrons. The Kier molecular flexibility index (Phi) is 19.7. The number of rotatable bonds is 20. The standard InChI is InChI=1S/C68H54O19/c69-59(43-25-9-1-10-26-43)77-41-51-53(81-61(71)45-29-13-3-14-30-45)55(83-63(73)47-33-17-5-18-34-47)57(85-65(75)49-37-21-7-22-38-49)67(79-51)87-68-58(86-66(76)50-39-23-8-24-40-50)56(84-64(74)48-35-19-6-20-36-48)54(82-62(72)46-31-15-4-16-32-46)52(80-68)42-78-60(70)44-27-11-2-12-28-44/h1-40,51-58,67-68H,41-42H2/t51?,52?,53-,54+,55+,56?,57?,58?,67-,68+/m1/s1. The first-order chi connectivity index (χ1) is 42.5. The molecule has 2 heterocycles. The first-order valence-electron chi connectivity index (χ1n) is 27.4. The summed E-state index contributed by atoms with van der Waals surface area (Å²) in [6.07, 6.45) is -19.3. The van der Waals surface area contributed by atoms with Crippen LogP contribution in [0.25, 0.3) is 0 Å². The van der Waals surface area contributed by atoms with Crippen LogP contribution >= 0.6 is 0 Å². The average Bonchev–Trinajstić information content (AvgIpc) is 1.98. The minimum Gasteiger partial charge on any atom is -0.459 e. The normalized spacial score (nSPS) is 21.3. The minimum absolute atomic E-state index is 0.00894. The Bertz CT molecular complexity index is 3380. The van der Waals surface area contributed by atoms with Crippen LogP contribution in [-0.2, 0) is 52.1 Å². The van der Waals surface area contributed by atoms with Gasteiger partial charge in [-0.1, -0.05) is 146 Å². The lowest BCUT2D eigenvalue weighted by Gasteiger charge is -2.48. The van der Waals surface area contributed by atoms with Gasteiger partial charge in [-0.3, -0.25) is 0 Å². The molecule has 5 unspecified atom stereocenters. The van der Waals surface area contributed by atoms with E-state index in [2.05, 4.69) is 0 Å². The lowest BCUT2D eigenvalue weighted by Crippen LogP contribution is -2.67. The molecule has 8 aromatic rings. The van der Waals surface area contributed by atoms with E-state index in [-0.39, 0.29) is 44.5 Å². The van der Waals surface area contributed by atoms with Crippen LogP contribution in [0.4, 0.5) is 0 Å². The Balaban J connectivity index is 1.13. The second-order valence-electron chi connectivity index (χ2n) is 19.6. The van der Waals surface area contributed by atoms with Crippen molar-refractivity contribution in [2.45, 2.75) is 61.4 Å². The van der Waals surface area contributed by atoms with Crippen molar-refractivity contribution in [1.82, 2.24) is 0 Å². The summed E-state index contributed by atoms with van der Waals surface area (Å²) in [5.74, 6) is -7.84. The van der Waals surface area contributed by atoms with Crippen LogP contribution in [0.5, 0.6) is 0 Å². The van der Waals surface area contributed by atoms with Crippen LogP contribution in [0.3, 0.4) is 0 Å². The Hall–Kier alpha value is -10.6. The fourth-order valence-corrected chi connectivity index (χ4v) is 9.41. The number of hydrogen-bond acceptors (Lipinski definition) is 19. The summed E-state index contributed by atoms with van der Waals surface area (Å²) in [7, 11) is 0. The molecule has 0 N–H and O–H groups in total. The maximum Gasteiger partial charge on any atom is 0.338 e. The molecule has 87 heavy (non-hydrogen) atoms. The zero-order chi connectivity index (χ0) is 60.5. The summed E-state index contributed by atoms with van der Waals surface area (Å²) in [5, 5.41) is 0. The van der Waals surface area contributed by atoms with E-state index in [0.717, 1.165) is 0 Å². The van der Waals surface area contributed by atoms with Gasteiger partial charge in [-0.15, -0.1) is 0 Å². The van der Waals surface area contributed by atoms with Gasteiger partial charge in [-0.2, -0.15) is 0 Å². The van der Waals surface area contributed by atoms with E-state index in [1.54, 1.807) is 146 Å². The summed E-state index contributed by atoms with van der Waals surface area (Å²) in [6.45, 7) is -1.55. The Morgan fingerprint density at radius 2 is 0.425 bits per heavy atom. The van der Waals surface area contributed by atoms with Crippen LogP contribution < -0.4 is 0 Å². The summed E-state index contributed by atoms with van der Waals surface area (Å²) < 4.78 is 69.6. The molecule has 0 spiro atoms.